The molecule has 0 heterocycles. The molecule has 2 rings (SSSR count). The van der Waals surface area contributed by atoms with Crippen LogP contribution >= 0.6 is 0 Å². The van der Waals surface area contributed by atoms with Crippen molar-refractivity contribution in [1.29, 1.82) is 0 Å². The molecular formula is C20H19F4N3O5. The summed E-state index contributed by atoms with van der Waals surface area (Å²) in [6, 6.07) is 8.02. The van der Waals surface area contributed by atoms with Gasteiger partial charge in [-0.25, -0.2) is 4.39 Å². The molecule has 172 valence electrons. The molecule has 0 spiro atoms. The molecule has 32 heavy (non-hydrogen) atoms. The first-order valence-electron chi connectivity index (χ1n) is 9.28. The van der Waals surface area contributed by atoms with Gasteiger partial charge in [0.1, 0.15) is 17.1 Å². The fourth-order valence-electron chi connectivity index (χ4n) is 2.63. The van der Waals surface area contributed by atoms with Gasteiger partial charge in [0, 0.05) is 19.2 Å². The molecule has 0 aromatic heterocycles. The van der Waals surface area contributed by atoms with Gasteiger partial charge >= 0.3 is 6.18 Å². The zero-order valence-corrected chi connectivity index (χ0v) is 16.8. The van der Waals surface area contributed by atoms with Gasteiger partial charge in [0.2, 0.25) is 5.91 Å². The summed E-state index contributed by atoms with van der Waals surface area (Å²) in [5.41, 5.74) is -0.540. The maximum atomic E-state index is 12.9. The van der Waals surface area contributed by atoms with Crippen LogP contribution in [-0.4, -0.2) is 47.5 Å². The summed E-state index contributed by atoms with van der Waals surface area (Å²) in [4.78, 5) is 36.5. The number of hydrogen-bond donors (Lipinski definition) is 1. The van der Waals surface area contributed by atoms with Crippen molar-refractivity contribution in [2.45, 2.75) is 19.6 Å². The fourth-order valence-corrected chi connectivity index (χ4v) is 2.63. The molecule has 2 aromatic rings. The van der Waals surface area contributed by atoms with Crippen LogP contribution in [0.25, 0.3) is 0 Å². The highest BCUT2D eigenvalue weighted by Crippen LogP contribution is 2.27. The van der Waals surface area contributed by atoms with Gasteiger partial charge in [-0.05, 0) is 36.8 Å². The van der Waals surface area contributed by atoms with E-state index in [0.717, 1.165) is 23.1 Å². The summed E-state index contributed by atoms with van der Waals surface area (Å²) in [5.74, 6) is -2.33. The Hall–Kier alpha value is -3.70. The van der Waals surface area contributed by atoms with E-state index in [1.165, 1.54) is 31.2 Å². The highest BCUT2D eigenvalue weighted by atomic mass is 19.4. The summed E-state index contributed by atoms with van der Waals surface area (Å²) >= 11 is 0. The van der Waals surface area contributed by atoms with E-state index < -0.39 is 53.1 Å². The summed E-state index contributed by atoms with van der Waals surface area (Å²) < 4.78 is 54.6. The number of nitrogens with one attached hydrogen (secondary N) is 1. The molecule has 0 aliphatic carbocycles. The van der Waals surface area contributed by atoms with Crippen LogP contribution in [0.2, 0.25) is 0 Å². The number of ether oxygens (including phenoxy) is 1. The molecule has 0 fully saturated rings. The summed E-state index contributed by atoms with van der Waals surface area (Å²) in [6.45, 7) is -0.511. The van der Waals surface area contributed by atoms with Crippen molar-refractivity contribution < 1.29 is 36.8 Å². The first-order valence-corrected chi connectivity index (χ1v) is 9.28. The SMILES string of the molecule is CCN(CC(=O)NCc1ccc(F)cc1)C(=O)c1cc(OCC(F)(F)F)ccc1[N+](=O)[O-]. The molecule has 0 saturated heterocycles. The van der Waals surface area contributed by atoms with Gasteiger partial charge in [0.15, 0.2) is 6.61 Å². The van der Waals surface area contributed by atoms with Crippen LogP contribution in [0, 0.1) is 15.9 Å². The standard InChI is InChI=1S/C20H19F4N3O5/c1-2-26(11-18(28)25-10-13-3-5-14(21)6-4-13)19(29)16-9-15(32-12-20(22,23)24)7-8-17(16)27(30)31/h3-9H,2,10-12H2,1H3,(H,25,28). The summed E-state index contributed by atoms with van der Waals surface area (Å²) in [7, 11) is 0. The van der Waals surface area contributed by atoms with E-state index in [0.29, 0.717) is 5.56 Å². The second kappa shape index (κ2) is 10.6. The van der Waals surface area contributed by atoms with E-state index in [-0.39, 0.29) is 18.8 Å². The topological polar surface area (TPSA) is 102 Å². The van der Waals surface area contributed by atoms with E-state index in [2.05, 4.69) is 10.1 Å². The third kappa shape index (κ3) is 7.22. The molecule has 0 saturated carbocycles. The van der Waals surface area contributed by atoms with Gasteiger partial charge in [-0.3, -0.25) is 19.7 Å². The number of alkyl halides is 3. The number of likely N-dealkylation sites (N-methyl/N-ethyl adjacent to an activating group) is 1. The number of hydrogen-bond acceptors (Lipinski definition) is 5. The Morgan fingerprint density at radius 3 is 2.38 bits per heavy atom. The highest BCUT2D eigenvalue weighted by Gasteiger charge is 2.30. The molecular weight excluding hydrogens is 438 g/mol. The number of benzene rings is 2. The number of rotatable bonds is 9. The second-order valence-electron chi connectivity index (χ2n) is 6.56. The third-order valence-electron chi connectivity index (χ3n) is 4.20. The zero-order valence-electron chi connectivity index (χ0n) is 16.8. The van der Waals surface area contributed by atoms with Crippen LogP contribution in [0.3, 0.4) is 0 Å². The lowest BCUT2D eigenvalue weighted by Crippen LogP contribution is -2.40. The predicted molar refractivity (Wildman–Crippen MR) is 104 cm³/mol. The number of nitro groups is 1. The minimum absolute atomic E-state index is 0.00636. The minimum Gasteiger partial charge on any atom is -0.484 e. The van der Waals surface area contributed by atoms with E-state index in [4.69, 9.17) is 0 Å². The van der Waals surface area contributed by atoms with Crippen LogP contribution in [-0.2, 0) is 11.3 Å². The number of carbonyl (C=O) groups is 2. The Kier molecular flexibility index (Phi) is 8.10. The molecule has 0 unspecified atom stereocenters. The first-order chi connectivity index (χ1) is 15.0. The molecule has 0 aliphatic rings. The van der Waals surface area contributed by atoms with Gasteiger partial charge in [-0.15, -0.1) is 0 Å². The Balaban J connectivity index is 2.13. The maximum absolute atomic E-state index is 12.9. The van der Waals surface area contributed by atoms with Gasteiger partial charge in [-0.2, -0.15) is 13.2 Å². The quantitative estimate of drug-likeness (QED) is 0.353. The lowest BCUT2D eigenvalue weighted by Gasteiger charge is -2.21. The van der Waals surface area contributed by atoms with Crippen LogP contribution < -0.4 is 10.1 Å². The summed E-state index contributed by atoms with van der Waals surface area (Å²) in [5, 5.41) is 13.8. The fraction of sp³-hybridized carbons (Fsp3) is 0.300. The second-order valence-corrected chi connectivity index (χ2v) is 6.56. The third-order valence-corrected chi connectivity index (χ3v) is 4.20. The number of amides is 2. The molecule has 8 nitrogen and oxygen atoms in total. The Morgan fingerprint density at radius 2 is 1.81 bits per heavy atom. The van der Waals surface area contributed by atoms with E-state index >= 15 is 0 Å². The van der Waals surface area contributed by atoms with E-state index in [1.54, 1.807) is 0 Å². The van der Waals surface area contributed by atoms with Gasteiger partial charge < -0.3 is 15.0 Å². The first kappa shape index (κ1) is 24.6. The van der Waals surface area contributed by atoms with Crippen LogP contribution in [0.15, 0.2) is 42.5 Å². The molecule has 1 N–H and O–H groups in total. The molecule has 2 aromatic carbocycles. The van der Waals surface area contributed by atoms with Crippen LogP contribution in [0.5, 0.6) is 5.75 Å². The highest BCUT2D eigenvalue weighted by molar-refractivity contribution is 6.00. The zero-order chi connectivity index (χ0) is 23.9. The average molecular weight is 457 g/mol. The van der Waals surface area contributed by atoms with Crippen LogP contribution in [0.4, 0.5) is 23.2 Å². The van der Waals surface area contributed by atoms with Gasteiger partial charge in [0.25, 0.3) is 11.6 Å². The molecule has 12 heteroatoms. The van der Waals surface area contributed by atoms with Crippen molar-refractivity contribution in [3.05, 3.63) is 69.5 Å². The molecule has 0 atom stereocenters. The molecule has 0 bridgehead atoms. The monoisotopic (exact) mass is 457 g/mol. The smallest absolute Gasteiger partial charge is 0.422 e. The van der Waals surface area contributed by atoms with Crippen molar-refractivity contribution in [1.82, 2.24) is 10.2 Å². The summed E-state index contributed by atoms with van der Waals surface area (Å²) in [6.07, 6.45) is -4.63. The van der Waals surface area contributed by atoms with Crippen molar-refractivity contribution in [3.8, 4) is 5.75 Å². The molecule has 0 radical (unpaired) electrons. The number of carbonyl (C=O) groups excluding carboxylic acids is 2. The normalized spacial score (nSPS) is 11.0. The molecule has 0 aliphatic heterocycles. The van der Waals surface area contributed by atoms with Crippen molar-refractivity contribution in [3.63, 3.8) is 0 Å². The number of nitrogens with zero attached hydrogens (tertiary/aromatic N) is 2. The Morgan fingerprint density at radius 1 is 1.16 bits per heavy atom. The van der Waals surface area contributed by atoms with E-state index in [1.807, 2.05) is 0 Å². The average Bonchev–Trinajstić information content (AvgIpc) is 2.74. The van der Waals surface area contributed by atoms with E-state index in [9.17, 15) is 37.3 Å². The van der Waals surface area contributed by atoms with Crippen molar-refractivity contribution in [2.24, 2.45) is 0 Å². The largest absolute Gasteiger partial charge is 0.484 e. The lowest BCUT2D eigenvalue weighted by molar-refractivity contribution is -0.385. The maximum Gasteiger partial charge on any atom is 0.422 e. The lowest BCUT2D eigenvalue weighted by atomic mass is 10.1. The Bertz CT molecular complexity index is 980. The van der Waals surface area contributed by atoms with Gasteiger partial charge in [0.05, 0.1) is 11.5 Å². The van der Waals surface area contributed by atoms with Gasteiger partial charge in [-0.1, -0.05) is 12.1 Å². The number of nitro benzene ring substituents is 1. The Labute approximate surface area is 179 Å². The van der Waals surface area contributed by atoms with Crippen molar-refractivity contribution in [2.75, 3.05) is 19.7 Å². The minimum atomic E-state index is -4.63. The van der Waals surface area contributed by atoms with Crippen molar-refractivity contribution >= 4 is 17.5 Å². The predicted octanol–water partition coefficient (Wildman–Crippen LogP) is 3.45. The van der Waals surface area contributed by atoms with Crippen LogP contribution in [0.1, 0.15) is 22.8 Å². The molecule has 2 amide bonds. The number of halogens is 4.